The molecule has 132 valence electrons. The molecule has 0 aliphatic heterocycles. The molecule has 1 fully saturated rings. The van der Waals surface area contributed by atoms with Crippen molar-refractivity contribution >= 4 is 5.97 Å². The Hall–Kier alpha value is -1.57. The van der Waals surface area contributed by atoms with Crippen LogP contribution in [-0.2, 0) is 4.79 Å². The number of ether oxygens (including phenoxy) is 1. The molecule has 0 spiro atoms. The van der Waals surface area contributed by atoms with Crippen LogP contribution in [0.3, 0.4) is 0 Å². The van der Waals surface area contributed by atoms with Gasteiger partial charge >= 0.3 is 5.97 Å². The van der Waals surface area contributed by atoms with Gasteiger partial charge in [-0.05, 0) is 55.2 Å². The summed E-state index contributed by atoms with van der Waals surface area (Å²) in [4.78, 5) is 11.2. The van der Waals surface area contributed by atoms with E-state index < -0.39 is 5.97 Å². The Kier molecular flexibility index (Phi) is 8.07. The van der Waals surface area contributed by atoms with Crippen LogP contribution < -0.4 is 4.74 Å². The Morgan fingerprint density at radius 2 is 1.75 bits per heavy atom. The van der Waals surface area contributed by atoms with Crippen LogP contribution >= 0.6 is 0 Å². The van der Waals surface area contributed by atoms with Crippen LogP contribution in [0.25, 0.3) is 0 Å². The zero-order chi connectivity index (χ0) is 17.2. The van der Waals surface area contributed by atoms with Crippen molar-refractivity contribution in [3.05, 3.63) is 42.5 Å². The smallest absolute Gasteiger partial charge is 0.335 e. The van der Waals surface area contributed by atoms with E-state index in [1.807, 2.05) is 12.1 Å². The van der Waals surface area contributed by atoms with Crippen molar-refractivity contribution < 1.29 is 9.53 Å². The van der Waals surface area contributed by atoms with Crippen molar-refractivity contribution in [1.82, 2.24) is 0 Å². The molecule has 0 N–H and O–H groups in total. The first-order chi connectivity index (χ1) is 11.7. The number of carbonyl (C=O) groups is 1. The zero-order valence-electron chi connectivity index (χ0n) is 15.1. The van der Waals surface area contributed by atoms with Gasteiger partial charge in [0.2, 0.25) is 0 Å². The molecule has 1 aromatic rings. The molecule has 0 unspecified atom stereocenters. The minimum atomic E-state index is -0.401. The SMILES string of the molecule is C=CC(=O)Oc1ccc(C2CCC(CCCCCCC)CC2)cc1. The maximum atomic E-state index is 11.2. The van der Waals surface area contributed by atoms with Gasteiger partial charge < -0.3 is 4.74 Å². The number of carbonyl (C=O) groups excluding carboxylic acids is 1. The Morgan fingerprint density at radius 1 is 1.08 bits per heavy atom. The average molecular weight is 328 g/mol. The summed E-state index contributed by atoms with van der Waals surface area (Å²) in [5.41, 5.74) is 1.38. The van der Waals surface area contributed by atoms with Crippen molar-refractivity contribution in [2.45, 2.75) is 77.0 Å². The predicted octanol–water partition coefficient (Wildman–Crippen LogP) is 6.41. The summed E-state index contributed by atoms with van der Waals surface area (Å²) in [6.07, 6.45) is 14.9. The van der Waals surface area contributed by atoms with Gasteiger partial charge in [-0.2, -0.15) is 0 Å². The third-order valence-electron chi connectivity index (χ3n) is 5.30. The molecule has 0 aromatic heterocycles. The van der Waals surface area contributed by atoms with Gasteiger partial charge in [-0.15, -0.1) is 0 Å². The second kappa shape index (κ2) is 10.3. The molecule has 0 heterocycles. The third kappa shape index (κ3) is 6.14. The van der Waals surface area contributed by atoms with Gasteiger partial charge in [-0.1, -0.05) is 64.2 Å². The maximum Gasteiger partial charge on any atom is 0.335 e. The highest BCUT2D eigenvalue weighted by atomic mass is 16.5. The topological polar surface area (TPSA) is 26.3 Å². The summed E-state index contributed by atoms with van der Waals surface area (Å²) in [5.74, 6) is 1.81. The lowest BCUT2D eigenvalue weighted by atomic mass is 9.77. The first kappa shape index (κ1) is 18.8. The second-order valence-electron chi connectivity index (χ2n) is 7.11. The Morgan fingerprint density at radius 3 is 2.38 bits per heavy atom. The molecular formula is C22H32O2. The molecule has 0 bridgehead atoms. The number of unbranched alkanes of at least 4 members (excludes halogenated alkanes) is 4. The molecular weight excluding hydrogens is 296 g/mol. The average Bonchev–Trinajstić information content (AvgIpc) is 2.63. The van der Waals surface area contributed by atoms with Crippen LogP contribution in [0.1, 0.15) is 82.6 Å². The van der Waals surface area contributed by atoms with Crippen LogP contribution in [0.5, 0.6) is 5.75 Å². The van der Waals surface area contributed by atoms with Gasteiger partial charge in [0, 0.05) is 6.08 Å². The Labute approximate surface area is 147 Å². The molecule has 1 aromatic carbocycles. The second-order valence-corrected chi connectivity index (χ2v) is 7.11. The van der Waals surface area contributed by atoms with E-state index in [2.05, 4.69) is 25.6 Å². The molecule has 1 saturated carbocycles. The molecule has 1 aliphatic rings. The highest BCUT2D eigenvalue weighted by molar-refractivity contribution is 5.83. The summed E-state index contributed by atoms with van der Waals surface area (Å²) in [5, 5.41) is 0. The molecule has 0 atom stereocenters. The monoisotopic (exact) mass is 328 g/mol. The summed E-state index contributed by atoms with van der Waals surface area (Å²) in [7, 11) is 0. The van der Waals surface area contributed by atoms with Gasteiger partial charge in [-0.3, -0.25) is 0 Å². The Balaban J connectivity index is 1.71. The van der Waals surface area contributed by atoms with Crippen molar-refractivity contribution in [3.8, 4) is 5.75 Å². The molecule has 0 amide bonds. The minimum absolute atomic E-state index is 0.401. The zero-order valence-corrected chi connectivity index (χ0v) is 15.1. The maximum absolute atomic E-state index is 11.2. The number of hydrogen-bond donors (Lipinski definition) is 0. The van der Waals surface area contributed by atoms with E-state index in [0.29, 0.717) is 11.7 Å². The molecule has 2 nitrogen and oxygen atoms in total. The summed E-state index contributed by atoms with van der Waals surface area (Å²) < 4.78 is 5.14. The lowest BCUT2D eigenvalue weighted by Crippen LogP contribution is -2.13. The van der Waals surface area contributed by atoms with Crippen LogP contribution in [0.4, 0.5) is 0 Å². The first-order valence-corrected chi connectivity index (χ1v) is 9.67. The first-order valence-electron chi connectivity index (χ1n) is 9.67. The quantitative estimate of drug-likeness (QED) is 0.226. The number of esters is 1. The highest BCUT2D eigenvalue weighted by Gasteiger charge is 2.22. The van der Waals surface area contributed by atoms with Gasteiger partial charge in [0.05, 0.1) is 0 Å². The standard InChI is InChI=1S/C22H32O2/c1-3-5-6-7-8-9-18-10-12-19(13-11-18)20-14-16-21(17-15-20)24-22(23)4-2/h4,14-19H,2-3,5-13H2,1H3. The molecule has 2 rings (SSSR count). The summed E-state index contributed by atoms with van der Waals surface area (Å²) >= 11 is 0. The summed E-state index contributed by atoms with van der Waals surface area (Å²) in [6, 6.07) is 8.02. The van der Waals surface area contributed by atoms with Crippen LogP contribution in [0, 0.1) is 5.92 Å². The van der Waals surface area contributed by atoms with Gasteiger partial charge in [-0.25, -0.2) is 4.79 Å². The number of benzene rings is 1. The number of rotatable bonds is 9. The van der Waals surface area contributed by atoms with E-state index in [1.165, 1.54) is 75.8 Å². The third-order valence-corrected chi connectivity index (χ3v) is 5.30. The lowest BCUT2D eigenvalue weighted by molar-refractivity contribution is -0.128. The van der Waals surface area contributed by atoms with Gasteiger partial charge in [0.15, 0.2) is 0 Å². The fraction of sp³-hybridized carbons (Fsp3) is 0.591. The van der Waals surface area contributed by atoms with E-state index >= 15 is 0 Å². The normalized spacial score (nSPS) is 20.5. The molecule has 0 radical (unpaired) electrons. The largest absolute Gasteiger partial charge is 0.423 e. The highest BCUT2D eigenvalue weighted by Crippen LogP contribution is 2.38. The minimum Gasteiger partial charge on any atom is -0.423 e. The van der Waals surface area contributed by atoms with E-state index in [4.69, 9.17) is 4.74 Å². The van der Waals surface area contributed by atoms with Crippen molar-refractivity contribution in [2.24, 2.45) is 5.92 Å². The van der Waals surface area contributed by atoms with Gasteiger partial charge in [0.25, 0.3) is 0 Å². The van der Waals surface area contributed by atoms with E-state index in [-0.39, 0.29) is 0 Å². The lowest BCUT2D eigenvalue weighted by Gasteiger charge is -2.29. The molecule has 24 heavy (non-hydrogen) atoms. The molecule has 1 aliphatic carbocycles. The van der Waals surface area contributed by atoms with Crippen LogP contribution in [0.15, 0.2) is 36.9 Å². The fourth-order valence-corrected chi connectivity index (χ4v) is 3.79. The Bertz CT molecular complexity index is 495. The molecule has 0 saturated heterocycles. The van der Waals surface area contributed by atoms with E-state index in [0.717, 1.165) is 5.92 Å². The summed E-state index contributed by atoms with van der Waals surface area (Å²) in [6.45, 7) is 5.69. The van der Waals surface area contributed by atoms with Crippen LogP contribution in [0.2, 0.25) is 0 Å². The molecule has 2 heteroatoms. The predicted molar refractivity (Wildman–Crippen MR) is 100 cm³/mol. The van der Waals surface area contributed by atoms with E-state index in [9.17, 15) is 4.79 Å². The number of hydrogen-bond acceptors (Lipinski definition) is 2. The van der Waals surface area contributed by atoms with Crippen LogP contribution in [-0.4, -0.2) is 5.97 Å². The van der Waals surface area contributed by atoms with Crippen molar-refractivity contribution in [3.63, 3.8) is 0 Å². The fourth-order valence-electron chi connectivity index (χ4n) is 3.79. The van der Waals surface area contributed by atoms with Crippen molar-refractivity contribution in [1.29, 1.82) is 0 Å². The van der Waals surface area contributed by atoms with Crippen molar-refractivity contribution in [2.75, 3.05) is 0 Å². The van der Waals surface area contributed by atoms with Gasteiger partial charge in [0.1, 0.15) is 5.75 Å². The van der Waals surface area contributed by atoms with E-state index in [1.54, 1.807) is 0 Å².